The van der Waals surface area contributed by atoms with Crippen molar-refractivity contribution in [2.24, 2.45) is 5.92 Å². The van der Waals surface area contributed by atoms with E-state index in [4.69, 9.17) is 0 Å². The number of amidine groups is 1. The van der Waals surface area contributed by atoms with Gasteiger partial charge in [0.05, 0.1) is 20.7 Å². The molecule has 2 aliphatic rings. The van der Waals surface area contributed by atoms with Crippen LogP contribution in [0.15, 0.2) is 11.8 Å². The van der Waals surface area contributed by atoms with Crippen LogP contribution in [0, 0.1) is 5.92 Å². The minimum absolute atomic E-state index is 0.264. The Morgan fingerprint density at radius 1 is 1.28 bits per heavy atom. The predicted octanol–water partition coefficient (Wildman–Crippen LogP) is -0.476. The van der Waals surface area contributed by atoms with Crippen LogP contribution in [0.3, 0.4) is 0 Å². The zero-order chi connectivity index (χ0) is 18.7. The van der Waals surface area contributed by atoms with Gasteiger partial charge in [-0.2, -0.15) is 4.90 Å². The molecule has 0 saturated carbocycles. The van der Waals surface area contributed by atoms with Crippen molar-refractivity contribution >= 4 is 29.7 Å². The highest BCUT2D eigenvalue weighted by Crippen LogP contribution is 2.26. The smallest absolute Gasteiger partial charge is 0.417 e. The molecule has 2 heterocycles. The molecule has 9 heteroatoms. The standard InChI is InChI=1S/C16H22N4O5/c1-5-6-7-20-11(13(22)17-9-12(21)25-4)8-10-14(20)18(2)16(24)19(3)15(10)23/h8,10H,5-7,9H2,1-4H3/p+1. The van der Waals surface area contributed by atoms with E-state index in [1.54, 1.807) is 17.7 Å². The highest BCUT2D eigenvalue weighted by atomic mass is 16.5. The molecule has 0 aromatic carbocycles. The Balaban J connectivity index is 2.36. The van der Waals surface area contributed by atoms with Crippen molar-refractivity contribution in [3.05, 3.63) is 11.8 Å². The Hall–Kier alpha value is -2.71. The normalized spacial score (nSPS) is 19.8. The van der Waals surface area contributed by atoms with Crippen LogP contribution in [0.1, 0.15) is 19.8 Å². The molecule has 25 heavy (non-hydrogen) atoms. The van der Waals surface area contributed by atoms with Crippen LogP contribution < -0.4 is 5.32 Å². The zero-order valence-electron chi connectivity index (χ0n) is 14.9. The van der Waals surface area contributed by atoms with E-state index in [9.17, 15) is 19.2 Å². The zero-order valence-corrected chi connectivity index (χ0v) is 14.9. The fraction of sp³-hybridized carbons (Fsp3) is 0.562. The topological polar surface area (TPSA) is 99.0 Å². The predicted molar refractivity (Wildman–Crippen MR) is 87.6 cm³/mol. The number of nitrogens with one attached hydrogen (secondary N) is 1. The second kappa shape index (κ2) is 7.45. The van der Waals surface area contributed by atoms with E-state index < -0.39 is 23.8 Å². The molecule has 1 atom stereocenters. The number of hydrogen-bond acceptors (Lipinski definition) is 5. The lowest BCUT2D eigenvalue weighted by Crippen LogP contribution is -2.57. The molecule has 136 valence electrons. The minimum Gasteiger partial charge on any atom is -0.468 e. The molecule has 0 bridgehead atoms. The highest BCUT2D eigenvalue weighted by Gasteiger charge is 2.51. The Morgan fingerprint density at radius 2 is 1.96 bits per heavy atom. The molecular formula is C16H23N4O5+. The van der Waals surface area contributed by atoms with Crippen LogP contribution in [0.2, 0.25) is 0 Å². The highest BCUT2D eigenvalue weighted by molar-refractivity contribution is 6.19. The van der Waals surface area contributed by atoms with Gasteiger partial charge in [0.15, 0.2) is 11.6 Å². The summed E-state index contributed by atoms with van der Waals surface area (Å²) >= 11 is 0. The second-order valence-electron chi connectivity index (χ2n) is 5.89. The van der Waals surface area contributed by atoms with Gasteiger partial charge in [0, 0.05) is 7.05 Å². The molecule has 2 rings (SSSR count). The number of carbonyl (C=O) groups excluding carboxylic acids is 4. The first-order valence-electron chi connectivity index (χ1n) is 8.09. The Morgan fingerprint density at radius 3 is 2.56 bits per heavy atom. The minimum atomic E-state index is -0.691. The summed E-state index contributed by atoms with van der Waals surface area (Å²) in [5.41, 5.74) is 0.264. The van der Waals surface area contributed by atoms with E-state index in [2.05, 4.69) is 10.1 Å². The summed E-state index contributed by atoms with van der Waals surface area (Å²) in [4.78, 5) is 50.8. The number of amides is 4. The molecule has 2 aliphatic heterocycles. The Bertz CT molecular complexity index is 682. The van der Waals surface area contributed by atoms with Gasteiger partial charge < -0.3 is 10.1 Å². The summed E-state index contributed by atoms with van der Waals surface area (Å²) in [5.74, 6) is -1.65. The summed E-state index contributed by atoms with van der Waals surface area (Å²) in [6, 6.07) is -0.442. The third-order valence-corrected chi connectivity index (χ3v) is 4.27. The summed E-state index contributed by atoms with van der Waals surface area (Å²) in [7, 11) is 4.23. The van der Waals surface area contributed by atoms with Crippen LogP contribution in [0.25, 0.3) is 0 Å². The van der Waals surface area contributed by atoms with Gasteiger partial charge in [-0.1, -0.05) is 13.3 Å². The number of carbonyl (C=O) groups is 4. The van der Waals surface area contributed by atoms with E-state index in [-0.39, 0.29) is 18.1 Å². The van der Waals surface area contributed by atoms with Crippen molar-refractivity contribution in [1.82, 2.24) is 15.1 Å². The summed E-state index contributed by atoms with van der Waals surface area (Å²) in [6.07, 6.45) is 3.21. The van der Waals surface area contributed by atoms with E-state index in [1.165, 1.54) is 19.1 Å². The summed E-state index contributed by atoms with van der Waals surface area (Å²) < 4.78 is 6.19. The van der Waals surface area contributed by atoms with Gasteiger partial charge >= 0.3 is 12.0 Å². The molecule has 0 aliphatic carbocycles. The Kier molecular flexibility index (Phi) is 5.55. The molecule has 0 aromatic rings. The fourth-order valence-corrected chi connectivity index (χ4v) is 2.88. The summed E-state index contributed by atoms with van der Waals surface area (Å²) in [5, 5.41) is 2.48. The first-order valence-corrected chi connectivity index (χ1v) is 8.09. The van der Waals surface area contributed by atoms with Gasteiger partial charge in [-0.25, -0.2) is 14.3 Å². The SMILES string of the molecule is CCCC[N+]1=C2C(C=C1C(=O)NCC(=O)OC)C(=O)N(C)C(=O)N2C. The molecule has 9 nitrogen and oxygen atoms in total. The number of fused-ring (bicyclic) bond motifs is 1. The summed E-state index contributed by atoms with van der Waals surface area (Å²) in [6.45, 7) is 2.24. The van der Waals surface area contributed by atoms with Gasteiger partial charge in [0.25, 0.3) is 17.6 Å². The lowest BCUT2D eigenvalue weighted by atomic mass is 10.0. The molecule has 1 saturated heterocycles. The van der Waals surface area contributed by atoms with Crippen molar-refractivity contribution in [3.8, 4) is 0 Å². The van der Waals surface area contributed by atoms with E-state index in [1.807, 2.05) is 6.92 Å². The number of ether oxygens (including phenoxy) is 1. The third-order valence-electron chi connectivity index (χ3n) is 4.27. The molecule has 0 radical (unpaired) electrons. The van der Waals surface area contributed by atoms with Gasteiger partial charge in [-0.05, 0) is 12.5 Å². The van der Waals surface area contributed by atoms with E-state index in [0.717, 1.165) is 17.7 Å². The molecule has 1 fully saturated rings. The van der Waals surface area contributed by atoms with Crippen LogP contribution in [0.5, 0.6) is 0 Å². The monoisotopic (exact) mass is 351 g/mol. The number of nitrogens with zero attached hydrogens (tertiary/aromatic N) is 3. The van der Waals surface area contributed by atoms with Crippen molar-refractivity contribution in [3.63, 3.8) is 0 Å². The van der Waals surface area contributed by atoms with Crippen molar-refractivity contribution in [1.29, 1.82) is 0 Å². The molecule has 0 spiro atoms. The number of hydrogen-bond donors (Lipinski definition) is 1. The van der Waals surface area contributed by atoms with Crippen LogP contribution in [-0.4, -0.2) is 78.3 Å². The van der Waals surface area contributed by atoms with Gasteiger partial charge in [0.2, 0.25) is 0 Å². The second-order valence-corrected chi connectivity index (χ2v) is 5.89. The maximum Gasteiger partial charge on any atom is 0.417 e. The quantitative estimate of drug-likeness (QED) is 0.515. The molecule has 1 unspecified atom stereocenters. The largest absolute Gasteiger partial charge is 0.468 e. The lowest BCUT2D eigenvalue weighted by Gasteiger charge is -2.27. The lowest BCUT2D eigenvalue weighted by molar-refractivity contribution is -0.474. The van der Waals surface area contributed by atoms with Crippen LogP contribution >= 0.6 is 0 Å². The average molecular weight is 351 g/mol. The van der Waals surface area contributed by atoms with Crippen molar-refractivity contribution < 1.29 is 28.5 Å². The van der Waals surface area contributed by atoms with Gasteiger partial charge in [-0.15, -0.1) is 0 Å². The number of unbranched alkanes of at least 4 members (excludes halogenated alkanes) is 1. The Labute approximate surface area is 145 Å². The maximum absolute atomic E-state index is 12.5. The van der Waals surface area contributed by atoms with E-state index in [0.29, 0.717) is 12.4 Å². The molecular weight excluding hydrogens is 328 g/mol. The number of esters is 1. The van der Waals surface area contributed by atoms with Crippen LogP contribution in [-0.2, 0) is 19.1 Å². The van der Waals surface area contributed by atoms with Gasteiger partial charge in [-0.3, -0.25) is 14.4 Å². The molecule has 1 N–H and O–H groups in total. The fourth-order valence-electron chi connectivity index (χ4n) is 2.88. The number of urea groups is 1. The van der Waals surface area contributed by atoms with Crippen molar-refractivity contribution in [2.75, 3.05) is 34.3 Å². The third kappa shape index (κ3) is 3.40. The first-order chi connectivity index (χ1) is 11.8. The van der Waals surface area contributed by atoms with Gasteiger partial charge in [0.1, 0.15) is 6.54 Å². The molecule has 0 aromatic heterocycles. The van der Waals surface area contributed by atoms with Crippen molar-refractivity contribution in [2.45, 2.75) is 19.8 Å². The number of rotatable bonds is 6. The number of methoxy groups -OCH3 is 1. The van der Waals surface area contributed by atoms with E-state index >= 15 is 0 Å². The average Bonchev–Trinajstić information content (AvgIpc) is 3.00. The first kappa shape index (κ1) is 18.6. The number of imide groups is 1. The maximum atomic E-state index is 12.5. The van der Waals surface area contributed by atoms with Crippen LogP contribution in [0.4, 0.5) is 4.79 Å². The molecule has 4 amide bonds.